The third-order valence-corrected chi connectivity index (χ3v) is 2.49. The van der Waals surface area contributed by atoms with Crippen molar-refractivity contribution in [3.05, 3.63) is 53.7 Å². The third kappa shape index (κ3) is 2.67. The van der Waals surface area contributed by atoms with Gasteiger partial charge in [0, 0.05) is 13.2 Å². The maximum Gasteiger partial charge on any atom is 0.259 e. The molecule has 0 saturated carbocycles. The molecular weight excluding hydrogens is 252 g/mol. The van der Waals surface area contributed by atoms with Gasteiger partial charge in [-0.3, -0.25) is 4.79 Å². The van der Waals surface area contributed by atoms with Gasteiger partial charge in [-0.15, -0.1) is 0 Å². The van der Waals surface area contributed by atoms with E-state index in [1.165, 1.54) is 24.4 Å². The summed E-state index contributed by atoms with van der Waals surface area (Å²) < 4.78 is 26.5. The van der Waals surface area contributed by atoms with Crippen molar-refractivity contribution in [2.45, 2.75) is 0 Å². The van der Waals surface area contributed by atoms with Crippen molar-refractivity contribution in [1.29, 1.82) is 0 Å². The van der Waals surface area contributed by atoms with Crippen molar-refractivity contribution in [2.24, 2.45) is 0 Å². The monoisotopic (exact) mass is 263 g/mol. The molecule has 1 amide bonds. The summed E-state index contributed by atoms with van der Waals surface area (Å²) in [6, 6.07) is 6.69. The van der Waals surface area contributed by atoms with Crippen LogP contribution >= 0.6 is 0 Å². The fraction of sp³-hybridized carbons (Fsp3) is 0.0769. The van der Waals surface area contributed by atoms with E-state index in [9.17, 15) is 13.6 Å². The highest BCUT2D eigenvalue weighted by Crippen LogP contribution is 2.19. The molecule has 0 atom stereocenters. The van der Waals surface area contributed by atoms with Crippen molar-refractivity contribution in [3.63, 3.8) is 0 Å². The van der Waals surface area contributed by atoms with Crippen LogP contribution in [-0.2, 0) is 0 Å². The number of amides is 1. The molecule has 1 aromatic carbocycles. The number of carbonyl (C=O) groups excluding carboxylic acids is 1. The van der Waals surface area contributed by atoms with E-state index in [1.54, 1.807) is 13.1 Å². The smallest absolute Gasteiger partial charge is 0.259 e. The lowest BCUT2D eigenvalue weighted by molar-refractivity contribution is 0.102. The zero-order valence-electron chi connectivity index (χ0n) is 10.1. The predicted molar refractivity (Wildman–Crippen MR) is 68.1 cm³/mol. The molecule has 0 radical (unpaired) electrons. The van der Waals surface area contributed by atoms with E-state index in [4.69, 9.17) is 0 Å². The SMILES string of the molecule is CNc1ncccc1C(=O)Nc1cccc(F)c1F. The van der Waals surface area contributed by atoms with Gasteiger partial charge < -0.3 is 10.6 Å². The topological polar surface area (TPSA) is 54.0 Å². The molecular formula is C13H11F2N3O. The fourth-order valence-electron chi connectivity index (χ4n) is 1.58. The maximum atomic E-state index is 13.4. The summed E-state index contributed by atoms with van der Waals surface area (Å²) in [5.41, 5.74) is 0.0320. The lowest BCUT2D eigenvalue weighted by atomic mass is 10.2. The van der Waals surface area contributed by atoms with Gasteiger partial charge in [0.05, 0.1) is 11.3 Å². The highest BCUT2D eigenvalue weighted by Gasteiger charge is 2.14. The summed E-state index contributed by atoms with van der Waals surface area (Å²) in [5.74, 6) is -2.32. The lowest BCUT2D eigenvalue weighted by Crippen LogP contribution is -2.15. The van der Waals surface area contributed by atoms with E-state index in [2.05, 4.69) is 15.6 Å². The highest BCUT2D eigenvalue weighted by atomic mass is 19.2. The Morgan fingerprint density at radius 2 is 2.00 bits per heavy atom. The van der Waals surface area contributed by atoms with E-state index in [-0.39, 0.29) is 11.3 Å². The Morgan fingerprint density at radius 3 is 2.74 bits per heavy atom. The first-order valence-corrected chi connectivity index (χ1v) is 5.51. The number of anilines is 2. The van der Waals surface area contributed by atoms with Crippen molar-refractivity contribution < 1.29 is 13.6 Å². The minimum Gasteiger partial charge on any atom is -0.372 e. The van der Waals surface area contributed by atoms with Crippen LogP contribution in [0.15, 0.2) is 36.5 Å². The zero-order chi connectivity index (χ0) is 13.8. The molecule has 0 bridgehead atoms. The number of halogens is 2. The van der Waals surface area contributed by atoms with Crippen LogP contribution in [0.25, 0.3) is 0 Å². The minimum atomic E-state index is -1.09. The van der Waals surface area contributed by atoms with Crippen LogP contribution in [0.2, 0.25) is 0 Å². The number of pyridine rings is 1. The molecule has 2 rings (SSSR count). The molecule has 0 unspecified atom stereocenters. The van der Waals surface area contributed by atoms with Crippen molar-refractivity contribution in [2.75, 3.05) is 17.7 Å². The molecule has 6 heteroatoms. The Kier molecular flexibility index (Phi) is 3.70. The lowest BCUT2D eigenvalue weighted by Gasteiger charge is -2.09. The Bertz CT molecular complexity index is 617. The minimum absolute atomic E-state index is 0.212. The highest BCUT2D eigenvalue weighted by molar-refractivity contribution is 6.07. The van der Waals surface area contributed by atoms with Gasteiger partial charge in [-0.2, -0.15) is 0 Å². The van der Waals surface area contributed by atoms with Crippen molar-refractivity contribution in [1.82, 2.24) is 4.98 Å². The zero-order valence-corrected chi connectivity index (χ0v) is 10.1. The van der Waals surface area contributed by atoms with E-state index in [0.29, 0.717) is 5.82 Å². The molecule has 0 aliphatic carbocycles. The van der Waals surface area contributed by atoms with Gasteiger partial charge in [-0.05, 0) is 24.3 Å². The number of nitrogens with zero attached hydrogens (tertiary/aromatic N) is 1. The van der Waals surface area contributed by atoms with Gasteiger partial charge in [0.2, 0.25) is 0 Å². The quantitative estimate of drug-likeness (QED) is 0.895. The largest absolute Gasteiger partial charge is 0.372 e. The normalized spacial score (nSPS) is 10.1. The Labute approximate surface area is 108 Å². The summed E-state index contributed by atoms with van der Waals surface area (Å²) in [7, 11) is 1.61. The molecule has 0 spiro atoms. The Hall–Kier alpha value is -2.50. The van der Waals surface area contributed by atoms with Crippen LogP contribution in [0.5, 0.6) is 0 Å². The molecule has 19 heavy (non-hydrogen) atoms. The van der Waals surface area contributed by atoms with Crippen LogP contribution < -0.4 is 10.6 Å². The maximum absolute atomic E-state index is 13.4. The molecule has 2 N–H and O–H groups in total. The van der Waals surface area contributed by atoms with E-state index in [0.717, 1.165) is 6.07 Å². The molecule has 0 fully saturated rings. The van der Waals surface area contributed by atoms with Gasteiger partial charge >= 0.3 is 0 Å². The number of carbonyl (C=O) groups is 1. The third-order valence-electron chi connectivity index (χ3n) is 2.49. The van der Waals surface area contributed by atoms with Gasteiger partial charge in [-0.25, -0.2) is 13.8 Å². The number of hydrogen-bond donors (Lipinski definition) is 2. The van der Waals surface area contributed by atoms with Gasteiger partial charge in [0.15, 0.2) is 11.6 Å². The first-order valence-electron chi connectivity index (χ1n) is 5.51. The number of aromatic nitrogens is 1. The van der Waals surface area contributed by atoms with Crippen molar-refractivity contribution >= 4 is 17.4 Å². The summed E-state index contributed by atoms with van der Waals surface area (Å²) >= 11 is 0. The second-order valence-electron chi connectivity index (χ2n) is 3.71. The molecule has 1 aromatic heterocycles. The second kappa shape index (κ2) is 5.43. The average molecular weight is 263 g/mol. The molecule has 0 aliphatic heterocycles. The van der Waals surface area contributed by atoms with Crippen LogP contribution in [0.4, 0.5) is 20.3 Å². The van der Waals surface area contributed by atoms with E-state index >= 15 is 0 Å². The van der Waals surface area contributed by atoms with Crippen molar-refractivity contribution in [3.8, 4) is 0 Å². The summed E-state index contributed by atoms with van der Waals surface area (Å²) in [6.45, 7) is 0. The summed E-state index contributed by atoms with van der Waals surface area (Å²) in [4.78, 5) is 15.9. The number of hydrogen-bond acceptors (Lipinski definition) is 3. The fourth-order valence-corrected chi connectivity index (χ4v) is 1.58. The Morgan fingerprint density at radius 1 is 1.21 bits per heavy atom. The first kappa shape index (κ1) is 12.9. The first-order chi connectivity index (χ1) is 9.13. The van der Waals surface area contributed by atoms with Gasteiger partial charge in [0.25, 0.3) is 5.91 Å². The average Bonchev–Trinajstić information content (AvgIpc) is 2.43. The van der Waals surface area contributed by atoms with Crippen LogP contribution in [0.1, 0.15) is 10.4 Å². The van der Waals surface area contributed by atoms with Crippen LogP contribution in [-0.4, -0.2) is 17.9 Å². The predicted octanol–water partition coefficient (Wildman–Crippen LogP) is 2.65. The molecule has 98 valence electrons. The van der Waals surface area contributed by atoms with E-state index < -0.39 is 17.5 Å². The number of benzene rings is 1. The molecule has 1 heterocycles. The second-order valence-corrected chi connectivity index (χ2v) is 3.71. The standard InChI is InChI=1S/C13H11F2N3O/c1-16-12-8(4-3-7-17-12)13(19)18-10-6-2-5-9(14)11(10)15/h2-7H,1H3,(H,16,17)(H,18,19). The van der Waals surface area contributed by atoms with Gasteiger partial charge in [-0.1, -0.05) is 6.07 Å². The summed E-state index contributed by atoms with van der Waals surface area (Å²) in [6.07, 6.45) is 1.52. The number of rotatable bonds is 3. The number of nitrogens with one attached hydrogen (secondary N) is 2. The molecule has 4 nitrogen and oxygen atoms in total. The molecule has 0 saturated heterocycles. The van der Waals surface area contributed by atoms with Crippen LogP contribution in [0.3, 0.4) is 0 Å². The van der Waals surface area contributed by atoms with Gasteiger partial charge in [0.1, 0.15) is 5.82 Å². The Balaban J connectivity index is 2.28. The van der Waals surface area contributed by atoms with Crippen LogP contribution in [0, 0.1) is 11.6 Å². The summed E-state index contributed by atoms with van der Waals surface area (Å²) in [5, 5.41) is 5.06. The molecule has 0 aliphatic rings. The molecule has 2 aromatic rings. The van der Waals surface area contributed by atoms with E-state index in [1.807, 2.05) is 0 Å².